The Kier molecular flexibility index (Phi) is 5.18. The number of carbonyl (C=O) groups is 2. The van der Waals surface area contributed by atoms with E-state index in [1.807, 2.05) is 0 Å². The van der Waals surface area contributed by atoms with E-state index in [1.165, 1.54) is 7.11 Å². The molecule has 0 saturated heterocycles. The van der Waals surface area contributed by atoms with E-state index in [0.29, 0.717) is 5.69 Å². The molecule has 0 aliphatic heterocycles. The number of nitrogens with one attached hydrogen (secondary N) is 1. The van der Waals surface area contributed by atoms with Crippen molar-refractivity contribution in [3.8, 4) is 0 Å². The lowest BCUT2D eigenvalue weighted by atomic mass is 10.0. The number of nitrogens with two attached hydrogens (primary N) is 1. The number of hydrogen-bond donors (Lipinski definition) is 2. The summed E-state index contributed by atoms with van der Waals surface area (Å²) in [5.41, 5.74) is 6.50. The van der Waals surface area contributed by atoms with Gasteiger partial charge in [-0.1, -0.05) is 6.07 Å². The number of ether oxygens (including phenoxy) is 2. The summed E-state index contributed by atoms with van der Waals surface area (Å²) in [5, 5.41) is 2.70. The molecule has 6 nitrogen and oxygen atoms in total. The molecular formula is C15H22N2O4. The van der Waals surface area contributed by atoms with Crippen molar-refractivity contribution in [2.45, 2.75) is 39.3 Å². The van der Waals surface area contributed by atoms with E-state index in [2.05, 4.69) is 10.1 Å². The maximum atomic E-state index is 11.7. The minimum Gasteiger partial charge on any atom is -0.465 e. The molecule has 0 radical (unpaired) electrons. The zero-order valence-electron chi connectivity index (χ0n) is 13.0. The van der Waals surface area contributed by atoms with Crippen LogP contribution in [0.5, 0.6) is 0 Å². The highest BCUT2D eigenvalue weighted by molar-refractivity contribution is 5.95. The lowest BCUT2D eigenvalue weighted by Gasteiger charge is -2.22. The predicted octanol–water partition coefficient (Wildman–Crippen LogP) is 2.64. The fourth-order valence-corrected chi connectivity index (χ4v) is 1.70. The summed E-state index contributed by atoms with van der Waals surface area (Å²) in [6.45, 7) is 7.15. The molecular weight excluding hydrogens is 272 g/mol. The first-order valence-corrected chi connectivity index (χ1v) is 6.61. The highest BCUT2D eigenvalue weighted by Crippen LogP contribution is 2.20. The van der Waals surface area contributed by atoms with Gasteiger partial charge in [-0.15, -0.1) is 0 Å². The van der Waals surface area contributed by atoms with Crippen LogP contribution < -0.4 is 11.1 Å². The Bertz CT molecular complexity index is 535. The number of methoxy groups -OCH3 is 1. The Morgan fingerprint density at radius 2 is 1.90 bits per heavy atom. The molecule has 1 atom stereocenters. The Hall–Kier alpha value is -2.24. The normalized spacial score (nSPS) is 12.4. The van der Waals surface area contributed by atoms with Crippen LogP contribution in [-0.2, 0) is 9.47 Å². The van der Waals surface area contributed by atoms with Crippen LogP contribution in [-0.4, -0.2) is 24.8 Å². The molecule has 0 saturated carbocycles. The van der Waals surface area contributed by atoms with Gasteiger partial charge in [0.1, 0.15) is 5.60 Å². The summed E-state index contributed by atoms with van der Waals surface area (Å²) < 4.78 is 9.85. The number of hydrogen-bond acceptors (Lipinski definition) is 5. The highest BCUT2D eigenvalue weighted by Gasteiger charge is 2.19. The van der Waals surface area contributed by atoms with Gasteiger partial charge >= 0.3 is 12.1 Å². The summed E-state index contributed by atoms with van der Waals surface area (Å²) in [7, 11) is 1.29. The molecule has 6 heteroatoms. The van der Waals surface area contributed by atoms with Crippen molar-refractivity contribution in [2.24, 2.45) is 0 Å². The third-order valence-electron chi connectivity index (χ3n) is 2.72. The third-order valence-corrected chi connectivity index (χ3v) is 2.72. The SMILES string of the molecule is COC(=O)c1cc(C(C)NC(=O)OC(C)(C)C)ccc1N. The number of anilines is 1. The van der Waals surface area contributed by atoms with Crippen LogP contribution >= 0.6 is 0 Å². The van der Waals surface area contributed by atoms with E-state index in [0.717, 1.165) is 5.56 Å². The first kappa shape index (κ1) is 16.8. The quantitative estimate of drug-likeness (QED) is 0.660. The molecule has 0 fully saturated rings. The van der Waals surface area contributed by atoms with Gasteiger partial charge in [-0.05, 0) is 45.4 Å². The van der Waals surface area contributed by atoms with Crippen LogP contribution in [0.2, 0.25) is 0 Å². The van der Waals surface area contributed by atoms with Crippen LogP contribution in [0.15, 0.2) is 18.2 Å². The minimum atomic E-state index is -0.567. The zero-order valence-corrected chi connectivity index (χ0v) is 13.0. The number of benzene rings is 1. The molecule has 1 aromatic rings. The molecule has 116 valence electrons. The second-order valence-electron chi connectivity index (χ2n) is 5.71. The Balaban J connectivity index is 2.86. The lowest BCUT2D eigenvalue weighted by molar-refractivity contribution is 0.0507. The van der Waals surface area contributed by atoms with Crippen molar-refractivity contribution in [3.63, 3.8) is 0 Å². The number of nitrogen functional groups attached to an aromatic ring is 1. The fourth-order valence-electron chi connectivity index (χ4n) is 1.70. The summed E-state index contributed by atoms with van der Waals surface area (Å²) in [4.78, 5) is 23.3. The number of alkyl carbamates (subject to hydrolysis) is 1. The first-order valence-electron chi connectivity index (χ1n) is 6.61. The molecule has 0 heterocycles. The molecule has 21 heavy (non-hydrogen) atoms. The van der Waals surface area contributed by atoms with Crippen LogP contribution in [0.4, 0.5) is 10.5 Å². The van der Waals surface area contributed by atoms with Crippen LogP contribution in [0.1, 0.15) is 49.7 Å². The molecule has 1 unspecified atom stereocenters. The van der Waals surface area contributed by atoms with E-state index < -0.39 is 17.7 Å². The van der Waals surface area contributed by atoms with Crippen molar-refractivity contribution in [1.29, 1.82) is 0 Å². The molecule has 3 N–H and O–H groups in total. The summed E-state index contributed by atoms with van der Waals surface area (Å²) in [5.74, 6) is -0.515. The summed E-state index contributed by atoms with van der Waals surface area (Å²) >= 11 is 0. The number of carbonyl (C=O) groups excluding carboxylic acids is 2. The van der Waals surface area contributed by atoms with E-state index >= 15 is 0 Å². The van der Waals surface area contributed by atoms with Gasteiger partial charge in [-0.25, -0.2) is 9.59 Å². The van der Waals surface area contributed by atoms with Crippen molar-refractivity contribution in [2.75, 3.05) is 12.8 Å². The summed E-state index contributed by atoms with van der Waals surface area (Å²) in [6, 6.07) is 4.62. The van der Waals surface area contributed by atoms with Gasteiger partial charge in [0, 0.05) is 5.69 Å². The smallest absolute Gasteiger partial charge is 0.408 e. The van der Waals surface area contributed by atoms with E-state index in [-0.39, 0.29) is 11.6 Å². The van der Waals surface area contributed by atoms with Crippen LogP contribution in [0.3, 0.4) is 0 Å². The Morgan fingerprint density at radius 1 is 1.29 bits per heavy atom. The van der Waals surface area contributed by atoms with Gasteiger partial charge in [0.25, 0.3) is 0 Å². The number of esters is 1. The zero-order chi connectivity index (χ0) is 16.2. The molecule has 0 bridgehead atoms. The second kappa shape index (κ2) is 6.47. The standard InChI is InChI=1S/C15H22N2O4/c1-9(17-14(19)21-15(2,3)4)10-6-7-12(16)11(8-10)13(18)20-5/h6-9H,16H2,1-5H3,(H,17,19). The molecule has 1 amide bonds. The molecule has 0 aliphatic rings. The Morgan fingerprint density at radius 3 is 2.43 bits per heavy atom. The van der Waals surface area contributed by atoms with Crippen molar-refractivity contribution >= 4 is 17.7 Å². The number of amides is 1. The van der Waals surface area contributed by atoms with E-state index in [1.54, 1.807) is 45.9 Å². The molecule has 0 spiro atoms. The maximum Gasteiger partial charge on any atom is 0.408 e. The Labute approximate surface area is 124 Å². The largest absolute Gasteiger partial charge is 0.465 e. The highest BCUT2D eigenvalue weighted by atomic mass is 16.6. The van der Waals surface area contributed by atoms with Crippen LogP contribution in [0.25, 0.3) is 0 Å². The molecule has 0 aromatic heterocycles. The monoisotopic (exact) mass is 294 g/mol. The first-order chi connectivity index (χ1) is 9.64. The van der Waals surface area contributed by atoms with Gasteiger partial charge in [0.05, 0.1) is 18.7 Å². The van der Waals surface area contributed by atoms with Gasteiger partial charge in [-0.2, -0.15) is 0 Å². The second-order valence-corrected chi connectivity index (χ2v) is 5.71. The number of rotatable bonds is 3. The average Bonchev–Trinajstić information content (AvgIpc) is 2.35. The van der Waals surface area contributed by atoms with E-state index in [9.17, 15) is 9.59 Å². The van der Waals surface area contributed by atoms with Gasteiger partial charge < -0.3 is 20.5 Å². The molecule has 1 rings (SSSR count). The average molecular weight is 294 g/mol. The van der Waals surface area contributed by atoms with Crippen molar-refractivity contribution < 1.29 is 19.1 Å². The van der Waals surface area contributed by atoms with E-state index in [4.69, 9.17) is 10.5 Å². The fraction of sp³-hybridized carbons (Fsp3) is 0.467. The maximum absolute atomic E-state index is 11.7. The van der Waals surface area contributed by atoms with Crippen molar-refractivity contribution in [3.05, 3.63) is 29.3 Å². The van der Waals surface area contributed by atoms with Crippen LogP contribution in [0, 0.1) is 0 Å². The van der Waals surface area contributed by atoms with Gasteiger partial charge in [-0.3, -0.25) is 0 Å². The van der Waals surface area contributed by atoms with Gasteiger partial charge in [0.2, 0.25) is 0 Å². The topological polar surface area (TPSA) is 90.6 Å². The summed E-state index contributed by atoms with van der Waals surface area (Å²) in [6.07, 6.45) is -0.522. The molecule has 1 aromatic carbocycles. The third kappa shape index (κ3) is 4.98. The van der Waals surface area contributed by atoms with Crippen molar-refractivity contribution in [1.82, 2.24) is 5.32 Å². The predicted molar refractivity (Wildman–Crippen MR) is 80.0 cm³/mol. The lowest BCUT2D eigenvalue weighted by Crippen LogP contribution is -2.34. The molecule has 0 aliphatic carbocycles. The van der Waals surface area contributed by atoms with Gasteiger partial charge in [0.15, 0.2) is 0 Å². The minimum absolute atomic E-state index is 0.271.